The minimum Gasteiger partial charge on any atom is -0.478 e. The lowest BCUT2D eigenvalue weighted by Crippen LogP contribution is -2.42. The van der Waals surface area contributed by atoms with Gasteiger partial charge in [0.2, 0.25) is 5.60 Å². The fraction of sp³-hybridized carbons (Fsp3) is 0.364. The molecule has 1 aliphatic heterocycles. The Balaban J connectivity index is 2.48. The number of carbonyl (C=O) groups is 1. The Morgan fingerprint density at radius 2 is 2.14 bits per heavy atom. The summed E-state index contributed by atoms with van der Waals surface area (Å²) >= 11 is 0. The Hall–Kier alpha value is -1.51. The number of fused-ring (bicyclic) bond motifs is 1. The van der Waals surface area contributed by atoms with Crippen LogP contribution in [0.1, 0.15) is 25.3 Å². The zero-order chi connectivity index (χ0) is 10.3. The maximum Gasteiger partial charge on any atom is 0.348 e. The third-order valence-corrected chi connectivity index (χ3v) is 2.96. The summed E-state index contributed by atoms with van der Waals surface area (Å²) in [5, 5.41) is 9.09. The highest BCUT2D eigenvalue weighted by Crippen LogP contribution is 2.44. The van der Waals surface area contributed by atoms with Crippen molar-refractivity contribution in [2.75, 3.05) is 0 Å². The maximum atomic E-state index is 11.1. The van der Waals surface area contributed by atoms with Gasteiger partial charge in [0.05, 0.1) is 0 Å². The molecule has 1 aromatic carbocycles. The standard InChI is InChI=1S/C11H12O3/c1-7-8-5-3-4-6-9(8)14-11(7,2)10(12)13/h3-7H,1-2H3,(H,12,13)/t7-,11-/m0/s1. The van der Waals surface area contributed by atoms with Gasteiger partial charge in [-0.05, 0) is 13.0 Å². The topological polar surface area (TPSA) is 46.5 Å². The molecule has 14 heavy (non-hydrogen) atoms. The number of hydrogen-bond donors (Lipinski definition) is 1. The second kappa shape index (κ2) is 2.74. The highest BCUT2D eigenvalue weighted by Gasteiger charge is 2.48. The number of carboxylic acids is 1. The maximum absolute atomic E-state index is 11.1. The van der Waals surface area contributed by atoms with E-state index < -0.39 is 11.6 Å². The van der Waals surface area contributed by atoms with Crippen LogP contribution >= 0.6 is 0 Å². The van der Waals surface area contributed by atoms with E-state index >= 15 is 0 Å². The minimum atomic E-state index is -1.12. The van der Waals surface area contributed by atoms with Crippen LogP contribution in [0.4, 0.5) is 0 Å². The first-order valence-corrected chi connectivity index (χ1v) is 4.57. The van der Waals surface area contributed by atoms with Crippen molar-refractivity contribution in [1.29, 1.82) is 0 Å². The smallest absolute Gasteiger partial charge is 0.348 e. The minimum absolute atomic E-state index is 0.115. The quantitative estimate of drug-likeness (QED) is 0.740. The highest BCUT2D eigenvalue weighted by molar-refractivity contribution is 5.80. The average molecular weight is 192 g/mol. The van der Waals surface area contributed by atoms with Gasteiger partial charge >= 0.3 is 5.97 Å². The van der Waals surface area contributed by atoms with Crippen molar-refractivity contribution >= 4 is 5.97 Å². The lowest BCUT2D eigenvalue weighted by Gasteiger charge is -2.23. The van der Waals surface area contributed by atoms with Gasteiger partial charge < -0.3 is 9.84 Å². The van der Waals surface area contributed by atoms with E-state index in [2.05, 4.69) is 0 Å². The molecule has 3 heteroatoms. The third-order valence-electron chi connectivity index (χ3n) is 2.96. The van der Waals surface area contributed by atoms with Gasteiger partial charge in [0.25, 0.3) is 0 Å². The molecule has 0 aromatic heterocycles. The molecule has 0 radical (unpaired) electrons. The number of aliphatic carboxylic acids is 1. The van der Waals surface area contributed by atoms with Crippen LogP contribution in [0.5, 0.6) is 5.75 Å². The Kier molecular flexibility index (Phi) is 1.77. The molecule has 0 unspecified atom stereocenters. The summed E-state index contributed by atoms with van der Waals surface area (Å²) in [6, 6.07) is 7.46. The number of rotatable bonds is 1. The van der Waals surface area contributed by atoms with Gasteiger partial charge in [-0.3, -0.25) is 0 Å². The molecular weight excluding hydrogens is 180 g/mol. The summed E-state index contributed by atoms with van der Waals surface area (Å²) in [6.45, 7) is 3.49. The van der Waals surface area contributed by atoms with Crippen LogP contribution in [0.25, 0.3) is 0 Å². The van der Waals surface area contributed by atoms with E-state index in [1.54, 1.807) is 13.0 Å². The van der Waals surface area contributed by atoms with Gasteiger partial charge in [0.15, 0.2) is 0 Å². The van der Waals surface area contributed by atoms with Crippen LogP contribution in [-0.4, -0.2) is 16.7 Å². The molecule has 74 valence electrons. The summed E-state index contributed by atoms with van der Waals surface area (Å²) in [4.78, 5) is 11.1. The molecule has 1 aliphatic rings. The third kappa shape index (κ3) is 1.02. The summed E-state index contributed by atoms with van der Waals surface area (Å²) in [7, 11) is 0. The first kappa shape index (κ1) is 9.06. The molecule has 0 amide bonds. The second-order valence-electron chi connectivity index (χ2n) is 3.77. The van der Waals surface area contributed by atoms with E-state index in [1.165, 1.54) is 0 Å². The van der Waals surface area contributed by atoms with Crippen LogP contribution in [0.15, 0.2) is 24.3 Å². The van der Waals surface area contributed by atoms with Crippen LogP contribution in [0.2, 0.25) is 0 Å². The van der Waals surface area contributed by atoms with Crippen LogP contribution < -0.4 is 4.74 Å². The lowest BCUT2D eigenvalue weighted by atomic mass is 9.87. The predicted molar refractivity (Wildman–Crippen MR) is 51.5 cm³/mol. The monoisotopic (exact) mass is 192 g/mol. The first-order valence-electron chi connectivity index (χ1n) is 4.57. The largest absolute Gasteiger partial charge is 0.478 e. The molecule has 2 atom stereocenters. The van der Waals surface area contributed by atoms with Crippen LogP contribution in [-0.2, 0) is 4.79 Å². The van der Waals surface area contributed by atoms with Crippen molar-refractivity contribution in [3.63, 3.8) is 0 Å². The van der Waals surface area contributed by atoms with Gasteiger partial charge in [0.1, 0.15) is 5.75 Å². The van der Waals surface area contributed by atoms with E-state index in [1.807, 2.05) is 25.1 Å². The molecule has 0 bridgehead atoms. The SMILES string of the molecule is C[C@H]1c2ccccc2O[C@]1(C)C(=O)O. The molecule has 0 saturated carbocycles. The second-order valence-corrected chi connectivity index (χ2v) is 3.77. The molecule has 3 nitrogen and oxygen atoms in total. The molecule has 0 fully saturated rings. The van der Waals surface area contributed by atoms with E-state index in [4.69, 9.17) is 9.84 Å². The van der Waals surface area contributed by atoms with Gasteiger partial charge in [-0.25, -0.2) is 4.79 Å². The average Bonchev–Trinajstić information content (AvgIpc) is 2.42. The van der Waals surface area contributed by atoms with E-state index in [-0.39, 0.29) is 5.92 Å². The molecule has 1 heterocycles. The fourth-order valence-corrected chi connectivity index (χ4v) is 1.77. The summed E-state index contributed by atoms with van der Waals surface area (Å²) in [5.74, 6) is -0.345. The number of carboxylic acid groups (broad SMARTS) is 1. The summed E-state index contributed by atoms with van der Waals surface area (Å²) < 4.78 is 5.47. The normalized spacial score (nSPS) is 29.4. The molecule has 1 aromatic rings. The van der Waals surface area contributed by atoms with Crippen molar-refractivity contribution in [2.24, 2.45) is 0 Å². The van der Waals surface area contributed by atoms with E-state index in [0.29, 0.717) is 5.75 Å². The van der Waals surface area contributed by atoms with Crippen molar-refractivity contribution in [2.45, 2.75) is 25.4 Å². The Morgan fingerprint density at radius 1 is 1.50 bits per heavy atom. The number of ether oxygens (including phenoxy) is 1. The first-order chi connectivity index (χ1) is 6.55. The Bertz CT molecular complexity index is 386. The van der Waals surface area contributed by atoms with Crippen LogP contribution in [0.3, 0.4) is 0 Å². The molecule has 1 N–H and O–H groups in total. The summed E-state index contributed by atoms with van der Waals surface area (Å²) in [5.41, 5.74) is -0.152. The Morgan fingerprint density at radius 3 is 2.71 bits per heavy atom. The zero-order valence-electron chi connectivity index (χ0n) is 8.15. The molecule has 0 saturated heterocycles. The zero-order valence-corrected chi connectivity index (χ0v) is 8.15. The van der Waals surface area contributed by atoms with Gasteiger partial charge in [0, 0.05) is 11.5 Å². The lowest BCUT2D eigenvalue weighted by molar-refractivity contribution is -0.153. The van der Waals surface area contributed by atoms with Crippen LogP contribution in [0, 0.1) is 0 Å². The molecule has 0 spiro atoms. The number of hydrogen-bond acceptors (Lipinski definition) is 2. The summed E-state index contributed by atoms with van der Waals surface area (Å²) in [6.07, 6.45) is 0. The van der Waals surface area contributed by atoms with Crippen molar-refractivity contribution in [3.05, 3.63) is 29.8 Å². The molecule has 0 aliphatic carbocycles. The van der Waals surface area contributed by atoms with Gasteiger partial charge in [-0.15, -0.1) is 0 Å². The van der Waals surface area contributed by atoms with Crippen molar-refractivity contribution in [3.8, 4) is 5.75 Å². The highest BCUT2D eigenvalue weighted by atomic mass is 16.5. The van der Waals surface area contributed by atoms with Crippen molar-refractivity contribution < 1.29 is 14.6 Å². The predicted octanol–water partition coefficient (Wildman–Crippen LogP) is 2.03. The number of benzene rings is 1. The molecule has 2 rings (SSSR count). The van der Waals surface area contributed by atoms with Gasteiger partial charge in [-0.2, -0.15) is 0 Å². The Labute approximate surface area is 82.3 Å². The van der Waals surface area contributed by atoms with Crippen molar-refractivity contribution in [1.82, 2.24) is 0 Å². The van der Waals surface area contributed by atoms with E-state index in [9.17, 15) is 4.79 Å². The molecular formula is C11H12O3. The fourth-order valence-electron chi connectivity index (χ4n) is 1.77. The number of para-hydroxylation sites is 1. The van der Waals surface area contributed by atoms with Gasteiger partial charge in [-0.1, -0.05) is 25.1 Å². The van der Waals surface area contributed by atoms with E-state index in [0.717, 1.165) is 5.56 Å².